The molecule has 2 atom stereocenters. The highest BCUT2D eigenvalue weighted by Gasteiger charge is 2.40. The zero-order valence-corrected chi connectivity index (χ0v) is 17.4. The van der Waals surface area contributed by atoms with Gasteiger partial charge in [0.2, 0.25) is 0 Å². The first-order chi connectivity index (χ1) is 15.3. The third kappa shape index (κ3) is 3.13. The van der Waals surface area contributed by atoms with Crippen molar-refractivity contribution in [2.24, 2.45) is 0 Å². The Balaban J connectivity index is 1.38. The van der Waals surface area contributed by atoms with Crippen molar-refractivity contribution in [3.05, 3.63) is 95.1 Å². The number of rotatable bonds is 3. The molecule has 3 heterocycles. The van der Waals surface area contributed by atoms with Gasteiger partial charge in [-0.25, -0.2) is 0 Å². The van der Waals surface area contributed by atoms with Crippen LogP contribution >= 0.6 is 0 Å². The smallest absolute Gasteiger partial charge is 0.195 e. The molecule has 3 aromatic carbocycles. The fourth-order valence-electron chi connectivity index (χ4n) is 4.46. The van der Waals surface area contributed by atoms with Gasteiger partial charge in [-0.15, -0.1) is 0 Å². The summed E-state index contributed by atoms with van der Waals surface area (Å²) >= 11 is 0. The number of para-hydroxylation sites is 1. The molecule has 0 aliphatic carbocycles. The highest BCUT2D eigenvalue weighted by molar-refractivity contribution is 5.70. The van der Waals surface area contributed by atoms with E-state index < -0.39 is 0 Å². The normalized spacial score (nSPS) is 21.4. The maximum atomic E-state index is 6.47. The summed E-state index contributed by atoms with van der Waals surface area (Å²) in [5, 5.41) is 2.19. The van der Waals surface area contributed by atoms with Crippen molar-refractivity contribution in [1.82, 2.24) is 10.4 Å². The quantitative estimate of drug-likeness (QED) is 0.655. The number of hydrogen-bond acceptors (Lipinski definition) is 5. The first kappa shape index (κ1) is 18.3. The zero-order valence-electron chi connectivity index (χ0n) is 17.4. The summed E-state index contributed by atoms with van der Waals surface area (Å²) in [7, 11) is 0. The molecule has 5 heteroatoms. The molecule has 0 unspecified atom stereocenters. The molecule has 0 bridgehead atoms. The van der Waals surface area contributed by atoms with E-state index in [1.807, 2.05) is 18.2 Å². The molecule has 0 fully saturated rings. The zero-order chi connectivity index (χ0) is 20.8. The van der Waals surface area contributed by atoms with Crippen molar-refractivity contribution in [1.29, 1.82) is 0 Å². The standard InChI is InChI=1S/C26H24N2O3/c1-2-17-7-9-18(10-8-17)26-28-22(20-5-3-4-6-23(20)31-26)16-21(27-28)19-11-12-24-25(15-19)30-14-13-29-24/h3-12,15-16,22,26-27H,2,13-14H2,1H3/t22-,26+/m0/s1. The van der Waals surface area contributed by atoms with Crippen LogP contribution in [-0.2, 0) is 6.42 Å². The van der Waals surface area contributed by atoms with Crippen LogP contribution in [0.4, 0.5) is 0 Å². The summed E-state index contributed by atoms with van der Waals surface area (Å²) < 4.78 is 17.9. The Morgan fingerprint density at radius 2 is 1.71 bits per heavy atom. The van der Waals surface area contributed by atoms with Crippen LogP contribution in [0.3, 0.4) is 0 Å². The Morgan fingerprint density at radius 3 is 2.55 bits per heavy atom. The van der Waals surface area contributed by atoms with Gasteiger partial charge in [0.1, 0.15) is 19.0 Å². The first-order valence-electron chi connectivity index (χ1n) is 10.8. The second-order valence-electron chi connectivity index (χ2n) is 8.01. The van der Waals surface area contributed by atoms with E-state index >= 15 is 0 Å². The van der Waals surface area contributed by atoms with E-state index in [2.05, 4.69) is 72.0 Å². The van der Waals surface area contributed by atoms with Gasteiger partial charge >= 0.3 is 0 Å². The summed E-state index contributed by atoms with van der Waals surface area (Å²) in [5.41, 5.74) is 9.32. The number of nitrogens with zero attached hydrogens (tertiary/aromatic N) is 1. The van der Waals surface area contributed by atoms with E-state index in [1.54, 1.807) is 0 Å². The van der Waals surface area contributed by atoms with Crippen molar-refractivity contribution < 1.29 is 14.2 Å². The molecule has 156 valence electrons. The SMILES string of the molecule is CCc1ccc([C@H]2Oc3ccccc3[C@@H]3C=C(c4ccc5c(c4)OCCO5)NN23)cc1. The summed E-state index contributed by atoms with van der Waals surface area (Å²) in [4.78, 5) is 0. The average Bonchev–Trinajstić information content (AvgIpc) is 3.29. The van der Waals surface area contributed by atoms with Crippen LogP contribution in [0.15, 0.2) is 72.8 Å². The number of nitrogens with one attached hydrogen (secondary N) is 1. The van der Waals surface area contributed by atoms with Crippen molar-refractivity contribution in [2.45, 2.75) is 25.6 Å². The Labute approximate surface area is 181 Å². The van der Waals surface area contributed by atoms with E-state index in [9.17, 15) is 0 Å². The molecule has 5 nitrogen and oxygen atoms in total. The molecular weight excluding hydrogens is 388 g/mol. The summed E-state index contributed by atoms with van der Waals surface area (Å²) in [6.07, 6.45) is 3.06. The van der Waals surface area contributed by atoms with Crippen LogP contribution in [0.1, 0.15) is 41.4 Å². The van der Waals surface area contributed by atoms with E-state index in [0.29, 0.717) is 13.2 Å². The van der Waals surface area contributed by atoms with Crippen LogP contribution < -0.4 is 19.6 Å². The molecule has 0 saturated heterocycles. The summed E-state index contributed by atoms with van der Waals surface area (Å²) in [5.74, 6) is 2.52. The Bertz CT molecular complexity index is 1160. The fraction of sp³-hybridized carbons (Fsp3) is 0.231. The molecule has 0 radical (unpaired) electrons. The van der Waals surface area contributed by atoms with Crippen molar-refractivity contribution in [3.63, 3.8) is 0 Å². The lowest BCUT2D eigenvalue weighted by Crippen LogP contribution is -2.43. The lowest BCUT2D eigenvalue weighted by Gasteiger charge is -2.39. The minimum atomic E-state index is -0.225. The van der Waals surface area contributed by atoms with E-state index in [1.165, 1.54) is 5.56 Å². The van der Waals surface area contributed by atoms with Crippen molar-refractivity contribution in [2.75, 3.05) is 13.2 Å². The second kappa shape index (κ2) is 7.36. The molecule has 3 aromatic rings. The predicted octanol–water partition coefficient (Wildman–Crippen LogP) is 5.01. The summed E-state index contributed by atoms with van der Waals surface area (Å²) in [6, 6.07) is 23.1. The average molecular weight is 412 g/mol. The van der Waals surface area contributed by atoms with Crippen molar-refractivity contribution in [3.8, 4) is 17.2 Å². The third-order valence-electron chi connectivity index (χ3n) is 6.13. The number of hydrogen-bond donors (Lipinski definition) is 1. The van der Waals surface area contributed by atoms with E-state index in [4.69, 9.17) is 14.2 Å². The number of hydrazine groups is 1. The largest absolute Gasteiger partial charge is 0.486 e. The lowest BCUT2D eigenvalue weighted by atomic mass is 10.00. The highest BCUT2D eigenvalue weighted by atomic mass is 16.6. The van der Waals surface area contributed by atoms with Gasteiger partial charge in [0, 0.05) is 16.7 Å². The highest BCUT2D eigenvalue weighted by Crippen LogP contribution is 2.46. The van der Waals surface area contributed by atoms with Gasteiger partial charge in [0.05, 0.1) is 11.7 Å². The molecular formula is C26H24N2O3. The van der Waals surface area contributed by atoms with Crippen molar-refractivity contribution >= 4 is 5.70 Å². The minimum Gasteiger partial charge on any atom is -0.486 e. The Kier molecular flexibility index (Phi) is 4.35. The molecule has 3 aliphatic heterocycles. The molecule has 0 aromatic heterocycles. The van der Waals surface area contributed by atoms with E-state index in [-0.39, 0.29) is 12.3 Å². The van der Waals surface area contributed by atoms with E-state index in [0.717, 1.165) is 46.1 Å². The second-order valence-corrected chi connectivity index (χ2v) is 8.01. The number of aryl methyl sites for hydroxylation is 1. The molecule has 3 aliphatic rings. The predicted molar refractivity (Wildman–Crippen MR) is 119 cm³/mol. The van der Waals surface area contributed by atoms with Gasteiger partial charge in [0.25, 0.3) is 0 Å². The maximum Gasteiger partial charge on any atom is 0.195 e. The monoisotopic (exact) mass is 412 g/mol. The Morgan fingerprint density at radius 1 is 0.903 bits per heavy atom. The topological polar surface area (TPSA) is 43.0 Å². The minimum absolute atomic E-state index is 0.0732. The van der Waals surface area contributed by atoms with Crippen LogP contribution in [0.2, 0.25) is 0 Å². The number of benzene rings is 3. The Hall–Kier alpha value is -3.44. The van der Waals surface area contributed by atoms with Crippen LogP contribution in [-0.4, -0.2) is 18.2 Å². The number of ether oxygens (including phenoxy) is 3. The van der Waals surface area contributed by atoms with Gasteiger partial charge in [-0.1, -0.05) is 49.4 Å². The third-order valence-corrected chi connectivity index (χ3v) is 6.13. The molecule has 31 heavy (non-hydrogen) atoms. The van der Waals surface area contributed by atoms with Crippen LogP contribution in [0.25, 0.3) is 5.70 Å². The van der Waals surface area contributed by atoms with Gasteiger partial charge in [-0.2, -0.15) is 5.01 Å². The fourth-order valence-corrected chi connectivity index (χ4v) is 4.46. The molecule has 0 amide bonds. The molecule has 0 spiro atoms. The van der Waals surface area contributed by atoms with Crippen LogP contribution in [0.5, 0.6) is 17.2 Å². The van der Waals surface area contributed by atoms with Gasteiger partial charge < -0.3 is 19.6 Å². The van der Waals surface area contributed by atoms with Gasteiger partial charge in [-0.05, 0) is 42.3 Å². The first-order valence-corrected chi connectivity index (χ1v) is 10.8. The number of fused-ring (bicyclic) bond motifs is 4. The molecule has 6 rings (SSSR count). The van der Waals surface area contributed by atoms with Gasteiger partial charge in [0.15, 0.2) is 17.7 Å². The molecule has 0 saturated carbocycles. The van der Waals surface area contributed by atoms with Gasteiger partial charge in [-0.3, -0.25) is 0 Å². The summed E-state index contributed by atoms with van der Waals surface area (Å²) in [6.45, 7) is 3.34. The van der Waals surface area contributed by atoms with Crippen LogP contribution in [0, 0.1) is 0 Å². The maximum absolute atomic E-state index is 6.47. The lowest BCUT2D eigenvalue weighted by molar-refractivity contribution is -0.0326. The molecule has 1 N–H and O–H groups in total.